The minimum absolute atomic E-state index is 0.0000444. The van der Waals surface area contributed by atoms with Gasteiger partial charge in [-0.15, -0.1) is 0 Å². The number of carbonyl (C=O) groups is 1. The molecule has 0 radical (unpaired) electrons. The summed E-state index contributed by atoms with van der Waals surface area (Å²) in [5.41, 5.74) is 13.1. The molecule has 0 saturated carbocycles. The Hall–Kier alpha value is -2.74. The number of hydrogen-bond donors (Lipinski definition) is 3. The van der Waals surface area contributed by atoms with Crippen molar-refractivity contribution in [2.24, 2.45) is 5.73 Å². The zero-order valence-corrected chi connectivity index (χ0v) is 13.2. The first-order valence-electron chi connectivity index (χ1n) is 7.87. The standard InChI is InChI=1S/C16H20N6O2/c17-10-3-2-6-22(9-10)13-8-20-16(24)21-12(13)7-14(23)15-11(18)4-1-5-19-15/h1,4-5,8,10H,2-3,6-7,9,17-18H2,(H,20,21,24). The molecule has 1 unspecified atom stereocenters. The lowest BCUT2D eigenvalue weighted by atomic mass is 10.0. The van der Waals surface area contributed by atoms with Gasteiger partial charge in [0.15, 0.2) is 5.78 Å². The Morgan fingerprint density at radius 3 is 3.00 bits per heavy atom. The molecule has 1 atom stereocenters. The van der Waals surface area contributed by atoms with E-state index in [1.807, 2.05) is 0 Å². The summed E-state index contributed by atoms with van der Waals surface area (Å²) >= 11 is 0. The second-order valence-corrected chi connectivity index (χ2v) is 5.94. The minimum Gasteiger partial charge on any atom is -0.397 e. The number of hydrogen-bond acceptors (Lipinski definition) is 7. The van der Waals surface area contributed by atoms with Crippen molar-refractivity contribution in [2.75, 3.05) is 23.7 Å². The summed E-state index contributed by atoms with van der Waals surface area (Å²) in [5, 5.41) is 0. The number of Topliss-reactive ketones (excluding diaryl/α,β-unsaturated/α-hetero) is 1. The maximum absolute atomic E-state index is 12.5. The van der Waals surface area contributed by atoms with E-state index >= 15 is 0 Å². The average Bonchev–Trinajstić information content (AvgIpc) is 2.55. The highest BCUT2D eigenvalue weighted by atomic mass is 16.1. The predicted octanol–water partition coefficient (Wildman–Crippen LogP) is 0.1000. The predicted molar refractivity (Wildman–Crippen MR) is 91.0 cm³/mol. The highest BCUT2D eigenvalue weighted by Gasteiger charge is 2.22. The van der Waals surface area contributed by atoms with Gasteiger partial charge in [-0.3, -0.25) is 9.78 Å². The Morgan fingerprint density at radius 2 is 2.25 bits per heavy atom. The number of pyridine rings is 1. The summed E-state index contributed by atoms with van der Waals surface area (Å²) < 4.78 is 0. The summed E-state index contributed by atoms with van der Waals surface area (Å²) in [4.78, 5) is 36.7. The minimum atomic E-state index is -0.489. The van der Waals surface area contributed by atoms with Crippen LogP contribution in [-0.2, 0) is 6.42 Å². The number of carbonyl (C=O) groups excluding carboxylic acids is 1. The van der Waals surface area contributed by atoms with Crippen molar-refractivity contribution in [3.05, 3.63) is 46.4 Å². The van der Waals surface area contributed by atoms with E-state index in [1.54, 1.807) is 12.1 Å². The molecule has 1 fully saturated rings. The van der Waals surface area contributed by atoms with Crippen LogP contribution in [0.3, 0.4) is 0 Å². The maximum atomic E-state index is 12.5. The van der Waals surface area contributed by atoms with Gasteiger partial charge in [0.05, 0.1) is 29.7 Å². The molecular formula is C16H20N6O2. The van der Waals surface area contributed by atoms with Gasteiger partial charge in [-0.1, -0.05) is 0 Å². The van der Waals surface area contributed by atoms with E-state index in [0.717, 1.165) is 25.1 Å². The van der Waals surface area contributed by atoms with Crippen LogP contribution in [0.15, 0.2) is 29.3 Å². The molecule has 2 aromatic rings. The fourth-order valence-corrected chi connectivity index (χ4v) is 2.95. The van der Waals surface area contributed by atoms with Gasteiger partial charge in [0, 0.05) is 25.3 Å². The first kappa shape index (κ1) is 16.1. The highest BCUT2D eigenvalue weighted by Crippen LogP contribution is 2.22. The molecule has 1 aliphatic rings. The molecule has 0 amide bonds. The van der Waals surface area contributed by atoms with E-state index in [-0.39, 0.29) is 23.9 Å². The Bertz CT molecular complexity index is 803. The van der Waals surface area contributed by atoms with Gasteiger partial charge in [0.1, 0.15) is 5.69 Å². The van der Waals surface area contributed by atoms with E-state index in [0.29, 0.717) is 17.9 Å². The second kappa shape index (κ2) is 6.79. The fourth-order valence-electron chi connectivity index (χ4n) is 2.95. The van der Waals surface area contributed by atoms with Crippen molar-refractivity contribution in [1.29, 1.82) is 0 Å². The summed E-state index contributed by atoms with van der Waals surface area (Å²) in [5.74, 6) is -0.252. The molecule has 8 heteroatoms. The molecule has 0 spiro atoms. The third-order valence-electron chi connectivity index (χ3n) is 4.11. The number of nitrogens with one attached hydrogen (secondary N) is 1. The number of anilines is 2. The summed E-state index contributed by atoms with van der Waals surface area (Å²) in [6, 6.07) is 3.36. The van der Waals surface area contributed by atoms with Gasteiger partial charge in [0.25, 0.3) is 0 Å². The Kier molecular flexibility index (Phi) is 4.57. The van der Waals surface area contributed by atoms with Gasteiger partial charge in [-0.25, -0.2) is 4.79 Å². The van der Waals surface area contributed by atoms with Crippen LogP contribution in [0.5, 0.6) is 0 Å². The number of nitrogen functional groups attached to an aromatic ring is 1. The Morgan fingerprint density at radius 1 is 1.42 bits per heavy atom. The van der Waals surface area contributed by atoms with E-state index in [9.17, 15) is 9.59 Å². The zero-order valence-electron chi connectivity index (χ0n) is 13.2. The van der Waals surface area contributed by atoms with Crippen LogP contribution in [-0.4, -0.2) is 39.9 Å². The molecule has 126 valence electrons. The molecule has 1 saturated heterocycles. The Balaban J connectivity index is 1.90. The van der Waals surface area contributed by atoms with Gasteiger partial charge in [-0.05, 0) is 25.0 Å². The lowest BCUT2D eigenvalue weighted by Crippen LogP contribution is -2.43. The quantitative estimate of drug-likeness (QED) is 0.678. The maximum Gasteiger partial charge on any atom is 0.345 e. The molecule has 0 aliphatic carbocycles. The van der Waals surface area contributed by atoms with Crippen LogP contribution < -0.4 is 22.1 Å². The first-order valence-corrected chi connectivity index (χ1v) is 7.87. The highest BCUT2D eigenvalue weighted by molar-refractivity contribution is 6.00. The third-order valence-corrected chi connectivity index (χ3v) is 4.11. The monoisotopic (exact) mass is 328 g/mol. The Labute approximate surface area is 138 Å². The number of H-pyrrole nitrogens is 1. The van der Waals surface area contributed by atoms with Crippen molar-refractivity contribution in [3.8, 4) is 0 Å². The summed E-state index contributed by atoms with van der Waals surface area (Å²) in [7, 11) is 0. The third kappa shape index (κ3) is 3.43. The number of aromatic nitrogens is 3. The second-order valence-electron chi connectivity index (χ2n) is 5.94. The van der Waals surface area contributed by atoms with Crippen LogP contribution in [0, 0.1) is 0 Å². The van der Waals surface area contributed by atoms with Crippen molar-refractivity contribution >= 4 is 17.2 Å². The molecular weight excluding hydrogens is 308 g/mol. The SMILES string of the molecule is Nc1cccnc1C(=O)Cc1[nH]c(=O)ncc1N1CCCC(N)C1. The molecule has 0 bridgehead atoms. The fraction of sp³-hybridized carbons (Fsp3) is 0.375. The van der Waals surface area contributed by atoms with Crippen LogP contribution in [0.1, 0.15) is 29.0 Å². The van der Waals surface area contributed by atoms with Gasteiger partial charge >= 0.3 is 5.69 Å². The van der Waals surface area contributed by atoms with Gasteiger partial charge < -0.3 is 21.4 Å². The number of rotatable bonds is 4. The van der Waals surface area contributed by atoms with E-state index in [1.165, 1.54) is 12.4 Å². The number of ketones is 1. The van der Waals surface area contributed by atoms with Crippen LogP contribution >= 0.6 is 0 Å². The number of nitrogens with zero attached hydrogens (tertiary/aromatic N) is 3. The molecule has 24 heavy (non-hydrogen) atoms. The van der Waals surface area contributed by atoms with E-state index < -0.39 is 5.69 Å². The first-order chi connectivity index (χ1) is 11.5. The van der Waals surface area contributed by atoms with E-state index in [4.69, 9.17) is 11.5 Å². The molecule has 0 aromatic carbocycles. The summed E-state index contributed by atoms with van der Waals surface area (Å²) in [6.07, 6.45) is 4.94. The molecule has 5 N–H and O–H groups in total. The molecule has 3 heterocycles. The van der Waals surface area contributed by atoms with Crippen LogP contribution in [0.25, 0.3) is 0 Å². The largest absolute Gasteiger partial charge is 0.397 e. The van der Waals surface area contributed by atoms with Crippen molar-refractivity contribution in [3.63, 3.8) is 0 Å². The zero-order chi connectivity index (χ0) is 17.1. The lowest BCUT2D eigenvalue weighted by molar-refractivity contribution is 0.0988. The lowest BCUT2D eigenvalue weighted by Gasteiger charge is -2.33. The van der Waals surface area contributed by atoms with Crippen LogP contribution in [0.4, 0.5) is 11.4 Å². The normalized spacial score (nSPS) is 17.7. The number of piperidine rings is 1. The number of aromatic amines is 1. The van der Waals surface area contributed by atoms with Gasteiger partial charge in [0.2, 0.25) is 0 Å². The molecule has 8 nitrogen and oxygen atoms in total. The molecule has 1 aliphatic heterocycles. The van der Waals surface area contributed by atoms with Crippen molar-refractivity contribution in [1.82, 2.24) is 15.0 Å². The average molecular weight is 328 g/mol. The topological polar surface area (TPSA) is 131 Å². The molecule has 3 rings (SSSR count). The summed E-state index contributed by atoms with van der Waals surface area (Å²) in [6.45, 7) is 1.48. The van der Waals surface area contributed by atoms with Crippen LogP contribution in [0.2, 0.25) is 0 Å². The van der Waals surface area contributed by atoms with Gasteiger partial charge in [-0.2, -0.15) is 4.98 Å². The molecule has 2 aromatic heterocycles. The number of nitrogens with two attached hydrogens (primary N) is 2. The smallest absolute Gasteiger partial charge is 0.345 e. The van der Waals surface area contributed by atoms with Crippen molar-refractivity contribution < 1.29 is 4.79 Å². The van der Waals surface area contributed by atoms with Crippen molar-refractivity contribution in [2.45, 2.75) is 25.3 Å². The van der Waals surface area contributed by atoms with E-state index in [2.05, 4.69) is 19.9 Å².